The molecule has 1 N–H and O–H groups in total. The number of para-hydroxylation sites is 2. The van der Waals surface area contributed by atoms with Crippen LogP contribution in [0.1, 0.15) is 12.7 Å². The van der Waals surface area contributed by atoms with Gasteiger partial charge in [0.25, 0.3) is 0 Å². The predicted molar refractivity (Wildman–Crippen MR) is 84.0 cm³/mol. The number of nitrogens with zero attached hydrogens (tertiary/aromatic N) is 2. The minimum atomic E-state index is -0.213. The van der Waals surface area contributed by atoms with Gasteiger partial charge >= 0.3 is 0 Å². The van der Waals surface area contributed by atoms with Gasteiger partial charge in [0.1, 0.15) is 11.6 Å². The second-order valence-electron chi connectivity index (χ2n) is 4.96. The molecule has 2 aromatic carbocycles. The zero-order valence-electron chi connectivity index (χ0n) is 12.0. The molecule has 21 heavy (non-hydrogen) atoms. The Morgan fingerprint density at radius 2 is 1.86 bits per heavy atom. The molecule has 3 aromatic rings. The summed E-state index contributed by atoms with van der Waals surface area (Å²) < 4.78 is 15.1. The molecule has 108 valence electrons. The molecule has 0 aliphatic carbocycles. The van der Waals surface area contributed by atoms with E-state index in [1.807, 2.05) is 18.2 Å². The number of nitrogens with one attached hydrogen (secondary N) is 1. The fraction of sp³-hybridized carbons (Fsp3) is 0.235. The van der Waals surface area contributed by atoms with Gasteiger partial charge in [-0.15, -0.1) is 0 Å². The highest BCUT2D eigenvalue weighted by atomic mass is 19.1. The maximum absolute atomic E-state index is 12.9. The molecule has 0 atom stereocenters. The van der Waals surface area contributed by atoms with Gasteiger partial charge in [-0.2, -0.15) is 0 Å². The smallest absolute Gasteiger partial charge is 0.123 e. The number of aromatic nitrogens is 2. The van der Waals surface area contributed by atoms with Gasteiger partial charge in [-0.3, -0.25) is 0 Å². The van der Waals surface area contributed by atoms with Crippen molar-refractivity contribution in [2.75, 3.05) is 11.9 Å². The molecule has 0 bridgehead atoms. The lowest BCUT2D eigenvalue weighted by molar-refractivity contribution is 0.628. The largest absolute Gasteiger partial charge is 0.383 e. The molecule has 0 saturated heterocycles. The first-order chi connectivity index (χ1) is 10.3. The van der Waals surface area contributed by atoms with Gasteiger partial charge in [0.2, 0.25) is 0 Å². The van der Waals surface area contributed by atoms with E-state index in [9.17, 15) is 4.39 Å². The summed E-state index contributed by atoms with van der Waals surface area (Å²) in [4.78, 5) is 4.65. The van der Waals surface area contributed by atoms with E-state index in [4.69, 9.17) is 0 Å². The molecule has 3 rings (SSSR count). The number of aryl methyl sites for hydroxylation is 1. The molecule has 1 heterocycles. The molecule has 0 aliphatic rings. The van der Waals surface area contributed by atoms with Crippen molar-refractivity contribution in [2.45, 2.75) is 19.9 Å². The number of benzene rings is 2. The van der Waals surface area contributed by atoms with Crippen LogP contribution in [0.4, 0.5) is 10.1 Å². The maximum atomic E-state index is 12.9. The van der Waals surface area contributed by atoms with Crippen LogP contribution in [0.3, 0.4) is 0 Å². The molecule has 0 radical (unpaired) electrons. The van der Waals surface area contributed by atoms with Gasteiger partial charge < -0.3 is 9.88 Å². The minimum absolute atomic E-state index is 0.213. The van der Waals surface area contributed by atoms with Crippen molar-refractivity contribution in [1.29, 1.82) is 0 Å². The van der Waals surface area contributed by atoms with E-state index < -0.39 is 0 Å². The zero-order chi connectivity index (χ0) is 14.7. The first kappa shape index (κ1) is 13.6. The fourth-order valence-corrected chi connectivity index (χ4v) is 2.52. The van der Waals surface area contributed by atoms with Crippen molar-refractivity contribution in [1.82, 2.24) is 9.55 Å². The summed E-state index contributed by atoms with van der Waals surface area (Å²) >= 11 is 0. The second-order valence-corrected chi connectivity index (χ2v) is 4.96. The molecular weight excluding hydrogens is 265 g/mol. The van der Waals surface area contributed by atoms with Gasteiger partial charge in [0.15, 0.2) is 0 Å². The van der Waals surface area contributed by atoms with Gasteiger partial charge in [0.05, 0.1) is 11.0 Å². The quantitative estimate of drug-likeness (QED) is 0.770. The highest BCUT2D eigenvalue weighted by molar-refractivity contribution is 5.75. The number of hydrogen-bond donors (Lipinski definition) is 1. The lowest BCUT2D eigenvalue weighted by atomic mass is 10.3. The van der Waals surface area contributed by atoms with Crippen molar-refractivity contribution in [3.63, 3.8) is 0 Å². The number of rotatable bonds is 5. The number of anilines is 1. The van der Waals surface area contributed by atoms with Crippen LogP contribution >= 0.6 is 0 Å². The van der Waals surface area contributed by atoms with Crippen LogP contribution in [-0.4, -0.2) is 16.1 Å². The monoisotopic (exact) mass is 283 g/mol. The van der Waals surface area contributed by atoms with Crippen molar-refractivity contribution in [3.8, 4) is 0 Å². The van der Waals surface area contributed by atoms with E-state index in [0.717, 1.165) is 42.1 Å². The van der Waals surface area contributed by atoms with Crippen molar-refractivity contribution < 1.29 is 4.39 Å². The lowest BCUT2D eigenvalue weighted by Gasteiger charge is -2.10. The van der Waals surface area contributed by atoms with E-state index in [-0.39, 0.29) is 5.82 Å². The Labute approximate surface area is 123 Å². The summed E-state index contributed by atoms with van der Waals surface area (Å²) in [5.41, 5.74) is 3.13. The van der Waals surface area contributed by atoms with Crippen LogP contribution in [0.5, 0.6) is 0 Å². The van der Waals surface area contributed by atoms with Gasteiger partial charge in [-0.1, -0.05) is 19.1 Å². The van der Waals surface area contributed by atoms with E-state index >= 15 is 0 Å². The van der Waals surface area contributed by atoms with E-state index in [1.54, 1.807) is 12.1 Å². The van der Waals surface area contributed by atoms with E-state index in [1.165, 1.54) is 12.1 Å². The highest BCUT2D eigenvalue weighted by Crippen LogP contribution is 2.16. The summed E-state index contributed by atoms with van der Waals surface area (Å²) in [6.45, 7) is 3.73. The average molecular weight is 283 g/mol. The Morgan fingerprint density at radius 3 is 2.62 bits per heavy atom. The second kappa shape index (κ2) is 5.95. The minimum Gasteiger partial charge on any atom is -0.383 e. The average Bonchev–Trinajstić information content (AvgIpc) is 2.87. The molecule has 0 amide bonds. The summed E-state index contributed by atoms with van der Waals surface area (Å²) in [6, 6.07) is 14.6. The van der Waals surface area contributed by atoms with Crippen LogP contribution in [0.25, 0.3) is 11.0 Å². The Kier molecular flexibility index (Phi) is 3.86. The maximum Gasteiger partial charge on any atom is 0.123 e. The Morgan fingerprint density at radius 1 is 1.10 bits per heavy atom. The van der Waals surface area contributed by atoms with Gasteiger partial charge in [-0.25, -0.2) is 9.37 Å². The number of hydrogen-bond acceptors (Lipinski definition) is 2. The summed E-state index contributed by atoms with van der Waals surface area (Å²) in [5, 5.41) is 3.31. The van der Waals surface area contributed by atoms with Crippen LogP contribution in [0.15, 0.2) is 48.5 Å². The van der Waals surface area contributed by atoms with Crippen molar-refractivity contribution in [2.24, 2.45) is 0 Å². The number of fused-ring (bicyclic) bond motifs is 1. The van der Waals surface area contributed by atoms with Gasteiger partial charge in [0, 0.05) is 25.2 Å². The summed E-state index contributed by atoms with van der Waals surface area (Å²) in [5.74, 6) is 0.881. The number of imidazole rings is 1. The third kappa shape index (κ3) is 2.89. The first-order valence-electron chi connectivity index (χ1n) is 7.21. The Balaban J connectivity index is 1.74. The molecule has 0 saturated carbocycles. The topological polar surface area (TPSA) is 29.9 Å². The third-order valence-corrected chi connectivity index (χ3v) is 3.56. The summed E-state index contributed by atoms with van der Waals surface area (Å²) in [6.07, 6.45) is 0.908. The van der Waals surface area contributed by atoms with Crippen LogP contribution in [0, 0.1) is 5.82 Å². The molecule has 3 nitrogen and oxygen atoms in total. The van der Waals surface area contributed by atoms with Crippen LogP contribution < -0.4 is 5.32 Å². The molecule has 0 aliphatic heterocycles. The van der Waals surface area contributed by atoms with Crippen LogP contribution in [0.2, 0.25) is 0 Å². The van der Waals surface area contributed by atoms with Gasteiger partial charge in [-0.05, 0) is 36.4 Å². The van der Waals surface area contributed by atoms with Crippen LogP contribution in [-0.2, 0) is 13.0 Å². The van der Waals surface area contributed by atoms with E-state index in [0.29, 0.717) is 0 Å². The number of halogens is 1. The molecule has 4 heteroatoms. The molecule has 1 aromatic heterocycles. The molecular formula is C17H18FN3. The molecule has 0 unspecified atom stereocenters. The Bertz CT molecular complexity index is 731. The van der Waals surface area contributed by atoms with Crippen molar-refractivity contribution in [3.05, 3.63) is 60.2 Å². The van der Waals surface area contributed by atoms with Crippen molar-refractivity contribution >= 4 is 16.7 Å². The third-order valence-electron chi connectivity index (χ3n) is 3.56. The summed E-state index contributed by atoms with van der Waals surface area (Å²) in [7, 11) is 0. The van der Waals surface area contributed by atoms with E-state index in [2.05, 4.69) is 27.9 Å². The SMILES string of the molecule is CCc1nc2ccccc2n1CCNc1ccc(F)cc1. The standard InChI is InChI=1S/C17H18FN3/c1-2-17-20-15-5-3-4-6-16(15)21(17)12-11-19-14-9-7-13(18)8-10-14/h3-10,19H,2,11-12H2,1H3. The predicted octanol–water partition coefficient (Wildman–Crippen LogP) is 3.85. The first-order valence-corrected chi connectivity index (χ1v) is 7.21. The lowest BCUT2D eigenvalue weighted by Crippen LogP contribution is -2.12. The molecule has 0 fully saturated rings. The zero-order valence-corrected chi connectivity index (χ0v) is 12.0. The normalized spacial score (nSPS) is 11.0. The highest BCUT2D eigenvalue weighted by Gasteiger charge is 2.07. The Hall–Kier alpha value is -2.36. The fourth-order valence-electron chi connectivity index (χ4n) is 2.52. The molecule has 0 spiro atoms.